The normalized spacial score (nSPS) is 20.8. The highest BCUT2D eigenvalue weighted by Gasteiger charge is 2.47. The molecule has 29 heavy (non-hydrogen) atoms. The smallest absolute Gasteiger partial charge is 0.246 e. The average molecular weight is 430 g/mol. The van der Waals surface area contributed by atoms with Gasteiger partial charge in [-0.3, -0.25) is 19.3 Å². The highest BCUT2D eigenvalue weighted by molar-refractivity contribution is 7.15. The van der Waals surface area contributed by atoms with Gasteiger partial charge >= 0.3 is 0 Å². The van der Waals surface area contributed by atoms with E-state index in [1.807, 2.05) is 37.3 Å². The molecule has 0 spiro atoms. The predicted molar refractivity (Wildman–Crippen MR) is 112 cm³/mol. The largest absolute Gasteiger partial charge is 0.300 e. The van der Waals surface area contributed by atoms with Gasteiger partial charge in [-0.05, 0) is 37.0 Å². The first-order valence-corrected chi connectivity index (χ1v) is 10.6. The third-order valence-corrected chi connectivity index (χ3v) is 6.64. The lowest BCUT2D eigenvalue weighted by Gasteiger charge is -2.14. The van der Waals surface area contributed by atoms with Crippen molar-refractivity contribution in [1.82, 2.24) is 9.88 Å². The number of likely N-dealkylation sites (tertiary alicyclic amines) is 1. The molecule has 0 saturated carbocycles. The second-order valence-electron chi connectivity index (χ2n) is 7.36. The first-order valence-electron chi connectivity index (χ1n) is 9.42. The number of amides is 3. The van der Waals surface area contributed by atoms with Crippen LogP contribution in [0.2, 0.25) is 5.02 Å². The Morgan fingerprint density at radius 3 is 2.59 bits per heavy atom. The summed E-state index contributed by atoms with van der Waals surface area (Å²) in [5.41, 5.74) is 2.08. The van der Waals surface area contributed by atoms with E-state index in [1.165, 1.54) is 11.3 Å². The lowest BCUT2D eigenvalue weighted by molar-refractivity contribution is -0.142. The molecule has 1 N–H and O–H groups in total. The second-order valence-corrected chi connectivity index (χ2v) is 8.88. The summed E-state index contributed by atoms with van der Waals surface area (Å²) >= 11 is 7.53. The molecule has 1 aliphatic carbocycles. The van der Waals surface area contributed by atoms with Crippen molar-refractivity contribution in [2.75, 3.05) is 11.9 Å². The lowest BCUT2D eigenvalue weighted by atomic mass is 9.85. The molecule has 150 valence electrons. The number of hydrogen-bond donors (Lipinski definition) is 1. The third-order valence-electron chi connectivity index (χ3n) is 5.32. The van der Waals surface area contributed by atoms with Crippen molar-refractivity contribution in [3.05, 3.63) is 57.6 Å². The minimum atomic E-state index is -0.419. The quantitative estimate of drug-likeness (QED) is 0.582. The third kappa shape index (κ3) is 4.11. The molecule has 0 radical (unpaired) electrons. The molecule has 2 heterocycles. The van der Waals surface area contributed by atoms with Gasteiger partial charge in [-0.15, -0.1) is 11.3 Å². The van der Waals surface area contributed by atoms with Gasteiger partial charge in [0.25, 0.3) is 0 Å². The molecule has 1 aromatic carbocycles. The molecule has 1 aromatic heterocycles. The summed E-state index contributed by atoms with van der Waals surface area (Å²) in [6, 6.07) is 5.91. The van der Waals surface area contributed by atoms with Gasteiger partial charge in [-0.1, -0.05) is 35.9 Å². The van der Waals surface area contributed by atoms with E-state index in [1.54, 1.807) is 6.20 Å². The predicted octanol–water partition coefficient (Wildman–Crippen LogP) is 3.59. The van der Waals surface area contributed by atoms with Gasteiger partial charge in [-0.2, -0.15) is 0 Å². The summed E-state index contributed by atoms with van der Waals surface area (Å²) < 4.78 is 0. The van der Waals surface area contributed by atoms with Crippen LogP contribution in [0.5, 0.6) is 0 Å². The van der Waals surface area contributed by atoms with Crippen molar-refractivity contribution in [2.24, 2.45) is 11.8 Å². The number of hydrogen-bond acceptors (Lipinski definition) is 5. The summed E-state index contributed by atoms with van der Waals surface area (Å²) in [7, 11) is 0. The van der Waals surface area contributed by atoms with Gasteiger partial charge in [0.2, 0.25) is 17.7 Å². The summed E-state index contributed by atoms with van der Waals surface area (Å²) in [5, 5.41) is 3.86. The van der Waals surface area contributed by atoms with Gasteiger partial charge in [0, 0.05) is 22.5 Å². The summed E-state index contributed by atoms with van der Waals surface area (Å²) in [4.78, 5) is 43.6. The molecular formula is C21H20ClN3O3S. The number of anilines is 1. The van der Waals surface area contributed by atoms with Crippen LogP contribution in [-0.2, 0) is 20.8 Å². The second kappa shape index (κ2) is 8.08. The molecule has 2 aromatic rings. The van der Waals surface area contributed by atoms with Crippen LogP contribution in [0.25, 0.3) is 0 Å². The van der Waals surface area contributed by atoms with Crippen molar-refractivity contribution >= 4 is 45.8 Å². The van der Waals surface area contributed by atoms with Crippen LogP contribution in [0.3, 0.4) is 0 Å². The fraction of sp³-hybridized carbons (Fsp3) is 0.333. The number of nitrogens with one attached hydrogen (secondary N) is 1. The van der Waals surface area contributed by atoms with Crippen LogP contribution in [0.15, 0.2) is 36.5 Å². The number of fused-ring (bicyclic) bond motifs is 1. The first-order chi connectivity index (χ1) is 13.9. The Morgan fingerprint density at radius 1 is 1.24 bits per heavy atom. The number of rotatable bonds is 5. The number of carbonyl (C=O) groups is 3. The molecule has 2 atom stereocenters. The lowest BCUT2D eigenvalue weighted by Crippen LogP contribution is -2.38. The number of allylic oxidation sites excluding steroid dienone is 2. The van der Waals surface area contributed by atoms with Gasteiger partial charge in [0.05, 0.1) is 11.8 Å². The van der Waals surface area contributed by atoms with Gasteiger partial charge in [-0.25, -0.2) is 4.98 Å². The van der Waals surface area contributed by atoms with Crippen LogP contribution in [0.1, 0.15) is 28.8 Å². The number of halogens is 1. The Balaban J connectivity index is 1.36. The zero-order valence-corrected chi connectivity index (χ0v) is 17.4. The zero-order valence-electron chi connectivity index (χ0n) is 15.9. The minimum absolute atomic E-state index is 0.254. The van der Waals surface area contributed by atoms with E-state index >= 15 is 0 Å². The Labute approximate surface area is 177 Å². The molecule has 6 nitrogen and oxygen atoms in total. The minimum Gasteiger partial charge on any atom is -0.300 e. The van der Waals surface area contributed by atoms with E-state index in [0.29, 0.717) is 24.4 Å². The summed E-state index contributed by atoms with van der Waals surface area (Å²) in [6.45, 7) is 1.68. The SMILES string of the molecule is Cc1ccc(Cc2cnc(NC(=O)CN3C(=O)C4CC=CCC4C3=O)s2)cc1Cl. The molecule has 1 fully saturated rings. The van der Waals surface area contributed by atoms with E-state index in [4.69, 9.17) is 11.6 Å². The number of imide groups is 1. The molecule has 4 rings (SSSR count). The van der Waals surface area contributed by atoms with Crippen molar-refractivity contribution in [3.63, 3.8) is 0 Å². The molecular weight excluding hydrogens is 410 g/mol. The molecule has 2 unspecified atom stereocenters. The number of nitrogens with zero attached hydrogens (tertiary/aromatic N) is 2. The summed E-state index contributed by atoms with van der Waals surface area (Å²) in [5.74, 6) is -1.58. The monoisotopic (exact) mass is 429 g/mol. The van der Waals surface area contributed by atoms with E-state index in [2.05, 4.69) is 10.3 Å². The molecule has 1 saturated heterocycles. The number of aromatic nitrogens is 1. The maximum absolute atomic E-state index is 12.5. The zero-order chi connectivity index (χ0) is 20.5. The van der Waals surface area contributed by atoms with E-state index in [0.717, 1.165) is 25.9 Å². The molecule has 1 aliphatic heterocycles. The van der Waals surface area contributed by atoms with Crippen LogP contribution in [0.4, 0.5) is 5.13 Å². The maximum atomic E-state index is 12.5. The maximum Gasteiger partial charge on any atom is 0.246 e. The molecule has 3 amide bonds. The van der Waals surface area contributed by atoms with Gasteiger partial charge in [0.1, 0.15) is 6.54 Å². The Morgan fingerprint density at radius 2 is 1.93 bits per heavy atom. The number of thiazole rings is 1. The van der Waals surface area contributed by atoms with Crippen LogP contribution >= 0.6 is 22.9 Å². The fourth-order valence-electron chi connectivity index (χ4n) is 3.72. The van der Waals surface area contributed by atoms with Crippen molar-refractivity contribution in [1.29, 1.82) is 0 Å². The van der Waals surface area contributed by atoms with Crippen molar-refractivity contribution in [2.45, 2.75) is 26.2 Å². The summed E-state index contributed by atoms with van der Waals surface area (Å²) in [6.07, 6.45) is 7.34. The number of benzene rings is 1. The van der Waals surface area contributed by atoms with Crippen LogP contribution in [0, 0.1) is 18.8 Å². The van der Waals surface area contributed by atoms with Crippen molar-refractivity contribution in [3.8, 4) is 0 Å². The fourth-order valence-corrected chi connectivity index (χ4v) is 4.79. The standard InChI is InChI=1S/C21H20ClN3O3S/c1-12-6-7-13(9-17(12)22)8-14-10-23-21(29-14)24-18(26)11-25-19(27)15-4-2-3-5-16(15)20(25)28/h2-3,6-7,9-10,15-16H,4-5,8,11H2,1H3,(H,23,24,26). The van der Waals surface area contributed by atoms with Crippen LogP contribution in [-0.4, -0.2) is 34.2 Å². The van der Waals surface area contributed by atoms with E-state index < -0.39 is 5.91 Å². The molecule has 0 bridgehead atoms. The topological polar surface area (TPSA) is 79.4 Å². The first kappa shape index (κ1) is 19.8. The Bertz CT molecular complexity index is 990. The highest BCUT2D eigenvalue weighted by Crippen LogP contribution is 2.35. The number of aryl methyl sites for hydroxylation is 1. The van der Waals surface area contributed by atoms with E-state index in [-0.39, 0.29) is 30.2 Å². The van der Waals surface area contributed by atoms with Gasteiger partial charge in [0.15, 0.2) is 5.13 Å². The number of carbonyl (C=O) groups excluding carboxylic acids is 3. The van der Waals surface area contributed by atoms with Crippen LogP contribution < -0.4 is 5.32 Å². The van der Waals surface area contributed by atoms with Crippen molar-refractivity contribution < 1.29 is 14.4 Å². The molecule has 2 aliphatic rings. The Hall–Kier alpha value is -2.51. The van der Waals surface area contributed by atoms with E-state index in [9.17, 15) is 14.4 Å². The Kier molecular flexibility index (Phi) is 5.52. The average Bonchev–Trinajstić information content (AvgIpc) is 3.23. The van der Waals surface area contributed by atoms with Gasteiger partial charge < -0.3 is 5.32 Å². The highest BCUT2D eigenvalue weighted by atomic mass is 35.5. The molecule has 8 heteroatoms.